The Morgan fingerprint density at radius 1 is 1.35 bits per heavy atom. The van der Waals surface area contributed by atoms with E-state index in [9.17, 15) is 9.59 Å². The fraction of sp³-hybridized carbons (Fsp3) is 0.429. The summed E-state index contributed by atoms with van der Waals surface area (Å²) in [6.45, 7) is 4.59. The number of aliphatic hydroxyl groups is 1. The molecule has 3 N–H and O–H groups in total. The summed E-state index contributed by atoms with van der Waals surface area (Å²) in [6.07, 6.45) is 0.526. The molecule has 1 rings (SSSR count). The van der Waals surface area contributed by atoms with Crippen molar-refractivity contribution in [3.63, 3.8) is 0 Å². The lowest BCUT2D eigenvalue weighted by Gasteiger charge is -2.21. The summed E-state index contributed by atoms with van der Waals surface area (Å²) in [4.78, 5) is 24.5. The first-order chi connectivity index (χ1) is 9.49. The average Bonchev–Trinajstić information content (AvgIpc) is 2.39. The number of aromatic carboxylic acids is 1. The van der Waals surface area contributed by atoms with Gasteiger partial charge in [0.1, 0.15) is 0 Å². The highest BCUT2D eigenvalue weighted by atomic mass is 16.4. The Kier molecular flexibility index (Phi) is 5.99. The van der Waals surface area contributed by atoms with Gasteiger partial charge < -0.3 is 20.4 Å². The number of carboxylic acid groups (broad SMARTS) is 1. The number of amides is 2. The fourth-order valence-electron chi connectivity index (χ4n) is 1.85. The number of carbonyl (C=O) groups excluding carboxylic acids is 1. The number of nitrogens with zero attached hydrogens (tertiary/aromatic N) is 1. The first-order valence-corrected chi connectivity index (χ1v) is 6.50. The van der Waals surface area contributed by atoms with Gasteiger partial charge in [0.15, 0.2) is 0 Å². The molecule has 0 aliphatic carbocycles. The number of benzene rings is 1. The molecule has 6 nitrogen and oxygen atoms in total. The molecule has 20 heavy (non-hydrogen) atoms. The summed E-state index contributed by atoms with van der Waals surface area (Å²) in [7, 11) is 0. The van der Waals surface area contributed by atoms with Crippen LogP contribution in [0.25, 0.3) is 0 Å². The highest BCUT2D eigenvalue weighted by Gasteiger charge is 2.12. The number of urea groups is 1. The summed E-state index contributed by atoms with van der Waals surface area (Å²) < 4.78 is 0. The molecule has 110 valence electrons. The summed E-state index contributed by atoms with van der Waals surface area (Å²) >= 11 is 0. The van der Waals surface area contributed by atoms with Crippen molar-refractivity contribution in [1.82, 2.24) is 4.90 Å². The van der Waals surface area contributed by atoms with Crippen molar-refractivity contribution in [2.45, 2.75) is 20.3 Å². The molecule has 0 fully saturated rings. The molecule has 0 spiro atoms. The van der Waals surface area contributed by atoms with Crippen LogP contribution in [0.1, 0.15) is 29.3 Å². The number of carboxylic acids is 1. The monoisotopic (exact) mass is 280 g/mol. The summed E-state index contributed by atoms with van der Waals surface area (Å²) in [5.41, 5.74) is 1.37. The van der Waals surface area contributed by atoms with E-state index in [1.54, 1.807) is 24.0 Å². The lowest BCUT2D eigenvalue weighted by molar-refractivity contribution is 0.0696. The maximum atomic E-state index is 12.0. The standard InChI is InChI=1S/C14H20N2O4/c1-3-16(7-4-8-17)14(20)15-11-5-6-12(13(18)19)10(2)9-11/h5-6,9,17H,3-4,7-8H2,1-2H3,(H,15,20)(H,18,19). The number of anilines is 1. The van der Waals surface area contributed by atoms with E-state index in [4.69, 9.17) is 10.2 Å². The van der Waals surface area contributed by atoms with E-state index in [1.807, 2.05) is 6.92 Å². The number of aliphatic hydroxyl groups excluding tert-OH is 1. The predicted octanol–water partition coefficient (Wildman–Crippen LogP) is 1.93. The topological polar surface area (TPSA) is 89.9 Å². The van der Waals surface area contributed by atoms with Gasteiger partial charge in [-0.2, -0.15) is 0 Å². The van der Waals surface area contributed by atoms with E-state index in [1.165, 1.54) is 6.07 Å². The van der Waals surface area contributed by atoms with Crippen molar-refractivity contribution in [1.29, 1.82) is 0 Å². The highest BCUT2D eigenvalue weighted by molar-refractivity contribution is 5.92. The zero-order valence-electron chi connectivity index (χ0n) is 11.7. The Morgan fingerprint density at radius 3 is 2.55 bits per heavy atom. The third-order valence-corrected chi connectivity index (χ3v) is 2.96. The van der Waals surface area contributed by atoms with Gasteiger partial charge in [-0.1, -0.05) is 0 Å². The minimum absolute atomic E-state index is 0.0379. The summed E-state index contributed by atoms with van der Waals surface area (Å²) in [5.74, 6) is -0.987. The van der Waals surface area contributed by atoms with E-state index in [0.717, 1.165) is 0 Å². The van der Waals surface area contributed by atoms with Crippen molar-refractivity contribution in [3.8, 4) is 0 Å². The third kappa shape index (κ3) is 4.24. The van der Waals surface area contributed by atoms with Gasteiger partial charge in [-0.05, 0) is 44.0 Å². The molecule has 0 atom stereocenters. The molecule has 0 heterocycles. The normalized spacial score (nSPS) is 10.2. The molecule has 0 aromatic heterocycles. The largest absolute Gasteiger partial charge is 0.478 e. The van der Waals surface area contributed by atoms with Crippen LogP contribution < -0.4 is 5.32 Å². The Labute approximate surface area is 118 Å². The SMILES string of the molecule is CCN(CCCO)C(=O)Nc1ccc(C(=O)O)c(C)c1. The molecule has 1 aromatic carbocycles. The van der Waals surface area contributed by atoms with E-state index >= 15 is 0 Å². The molecule has 0 aliphatic rings. The van der Waals surface area contributed by atoms with E-state index < -0.39 is 5.97 Å². The number of hydrogen-bond acceptors (Lipinski definition) is 3. The van der Waals surface area contributed by atoms with E-state index in [0.29, 0.717) is 30.8 Å². The second-order valence-electron chi connectivity index (χ2n) is 4.42. The molecule has 0 saturated carbocycles. The molecular weight excluding hydrogens is 260 g/mol. The average molecular weight is 280 g/mol. The minimum Gasteiger partial charge on any atom is -0.478 e. The van der Waals surface area contributed by atoms with Crippen molar-refractivity contribution in [2.75, 3.05) is 25.0 Å². The maximum absolute atomic E-state index is 12.0. The third-order valence-electron chi connectivity index (χ3n) is 2.96. The Hall–Kier alpha value is -2.08. The first-order valence-electron chi connectivity index (χ1n) is 6.50. The zero-order valence-corrected chi connectivity index (χ0v) is 11.7. The number of hydrogen-bond donors (Lipinski definition) is 3. The first kappa shape index (κ1) is 16.0. The number of rotatable bonds is 6. The van der Waals surface area contributed by atoms with Crippen LogP contribution in [0.3, 0.4) is 0 Å². The van der Waals surface area contributed by atoms with Gasteiger partial charge in [-0.25, -0.2) is 9.59 Å². The van der Waals surface area contributed by atoms with Gasteiger partial charge in [0.2, 0.25) is 0 Å². The quantitative estimate of drug-likeness (QED) is 0.742. The van der Waals surface area contributed by atoms with Crippen LogP contribution in [0.5, 0.6) is 0 Å². The number of carbonyl (C=O) groups is 2. The van der Waals surface area contributed by atoms with Gasteiger partial charge in [-0.3, -0.25) is 0 Å². The van der Waals surface area contributed by atoms with Crippen LogP contribution in [-0.4, -0.2) is 46.8 Å². The van der Waals surface area contributed by atoms with Crippen LogP contribution in [0, 0.1) is 6.92 Å². The molecule has 0 radical (unpaired) electrons. The van der Waals surface area contributed by atoms with Gasteiger partial charge in [0, 0.05) is 25.4 Å². The fourth-order valence-corrected chi connectivity index (χ4v) is 1.85. The van der Waals surface area contributed by atoms with Crippen LogP contribution >= 0.6 is 0 Å². The van der Waals surface area contributed by atoms with Crippen LogP contribution in [0.2, 0.25) is 0 Å². The van der Waals surface area contributed by atoms with Crippen molar-refractivity contribution in [3.05, 3.63) is 29.3 Å². The molecule has 0 saturated heterocycles. The number of aryl methyl sites for hydroxylation is 1. The molecule has 0 bridgehead atoms. The number of nitrogens with one attached hydrogen (secondary N) is 1. The zero-order chi connectivity index (χ0) is 15.1. The van der Waals surface area contributed by atoms with Crippen molar-refractivity contribution >= 4 is 17.7 Å². The second kappa shape index (κ2) is 7.49. The lowest BCUT2D eigenvalue weighted by Crippen LogP contribution is -2.35. The predicted molar refractivity (Wildman–Crippen MR) is 76.1 cm³/mol. The van der Waals surface area contributed by atoms with Gasteiger partial charge in [-0.15, -0.1) is 0 Å². The van der Waals surface area contributed by atoms with Crippen LogP contribution in [0.4, 0.5) is 10.5 Å². The summed E-state index contributed by atoms with van der Waals surface area (Å²) in [6, 6.07) is 4.40. The van der Waals surface area contributed by atoms with Crippen molar-refractivity contribution < 1.29 is 19.8 Å². The second-order valence-corrected chi connectivity index (χ2v) is 4.42. The Balaban J connectivity index is 2.74. The molecule has 6 heteroatoms. The molecule has 0 aliphatic heterocycles. The Bertz CT molecular complexity index is 488. The molecule has 0 unspecified atom stereocenters. The van der Waals surface area contributed by atoms with Crippen LogP contribution in [0.15, 0.2) is 18.2 Å². The molecule has 2 amide bonds. The van der Waals surface area contributed by atoms with Gasteiger partial charge >= 0.3 is 12.0 Å². The highest BCUT2D eigenvalue weighted by Crippen LogP contribution is 2.15. The van der Waals surface area contributed by atoms with Crippen LogP contribution in [-0.2, 0) is 0 Å². The van der Waals surface area contributed by atoms with Gasteiger partial charge in [0.25, 0.3) is 0 Å². The summed E-state index contributed by atoms with van der Waals surface area (Å²) in [5, 5.41) is 20.5. The lowest BCUT2D eigenvalue weighted by atomic mass is 10.1. The van der Waals surface area contributed by atoms with Crippen molar-refractivity contribution in [2.24, 2.45) is 0 Å². The molecule has 1 aromatic rings. The Morgan fingerprint density at radius 2 is 2.05 bits per heavy atom. The minimum atomic E-state index is -0.987. The van der Waals surface area contributed by atoms with E-state index in [2.05, 4.69) is 5.32 Å². The maximum Gasteiger partial charge on any atom is 0.335 e. The van der Waals surface area contributed by atoms with E-state index in [-0.39, 0.29) is 18.2 Å². The smallest absolute Gasteiger partial charge is 0.335 e. The molecular formula is C14H20N2O4. The van der Waals surface area contributed by atoms with Gasteiger partial charge in [0.05, 0.1) is 5.56 Å².